The molecule has 2 aromatic carbocycles. The molecule has 156 valence electrons. The lowest BCUT2D eigenvalue weighted by atomic mass is 10.1. The van der Waals surface area contributed by atoms with Gasteiger partial charge in [0.1, 0.15) is 5.75 Å². The molecule has 0 aromatic heterocycles. The van der Waals surface area contributed by atoms with E-state index in [-0.39, 0.29) is 6.03 Å². The zero-order chi connectivity index (χ0) is 20.5. The highest BCUT2D eigenvalue weighted by Gasteiger charge is 2.17. The van der Waals surface area contributed by atoms with E-state index in [2.05, 4.69) is 10.6 Å². The highest BCUT2D eigenvalue weighted by molar-refractivity contribution is 5.73. The molecule has 2 aromatic rings. The number of carbonyl (C=O) groups excluding carboxylic acids is 1. The number of para-hydroxylation sites is 1. The van der Waals surface area contributed by atoms with Gasteiger partial charge in [-0.3, -0.25) is 0 Å². The molecule has 0 spiro atoms. The Morgan fingerprint density at radius 1 is 0.966 bits per heavy atom. The van der Waals surface area contributed by atoms with Crippen LogP contribution in [-0.2, 0) is 13.0 Å². The van der Waals surface area contributed by atoms with Crippen LogP contribution in [0.2, 0.25) is 0 Å². The molecule has 0 heterocycles. The molecule has 0 bridgehead atoms. The molecule has 1 saturated carbocycles. The molecular formula is C23H30N2O4. The smallest absolute Gasteiger partial charge is 0.315 e. The average molecular weight is 399 g/mol. The topological polar surface area (TPSA) is 68.8 Å². The molecule has 0 unspecified atom stereocenters. The minimum Gasteiger partial charge on any atom is -0.493 e. The van der Waals surface area contributed by atoms with Gasteiger partial charge in [-0.25, -0.2) is 4.79 Å². The number of hydrogen-bond acceptors (Lipinski definition) is 4. The van der Waals surface area contributed by atoms with Gasteiger partial charge in [0.25, 0.3) is 0 Å². The Morgan fingerprint density at radius 2 is 1.72 bits per heavy atom. The summed E-state index contributed by atoms with van der Waals surface area (Å²) in [5.74, 6) is 2.25. The van der Waals surface area contributed by atoms with E-state index in [0.29, 0.717) is 37.1 Å². The predicted molar refractivity (Wildman–Crippen MR) is 113 cm³/mol. The lowest BCUT2D eigenvalue weighted by molar-refractivity contribution is 0.207. The van der Waals surface area contributed by atoms with Gasteiger partial charge in [0.15, 0.2) is 11.5 Å². The summed E-state index contributed by atoms with van der Waals surface area (Å²) in [6, 6.07) is 13.5. The number of hydrogen-bond donors (Lipinski definition) is 2. The fourth-order valence-corrected chi connectivity index (χ4v) is 3.55. The Hall–Kier alpha value is -2.89. The fraction of sp³-hybridized carbons (Fsp3) is 0.435. The summed E-state index contributed by atoms with van der Waals surface area (Å²) in [7, 11) is 3.22. The minimum absolute atomic E-state index is 0.193. The van der Waals surface area contributed by atoms with Crippen molar-refractivity contribution in [3.8, 4) is 17.2 Å². The maximum atomic E-state index is 12.2. The molecule has 2 amide bonds. The SMILES string of the molecule is COc1ccc(CCNC(=O)NCc2ccccc2OC2CCCC2)cc1OC. The second-order valence-electron chi connectivity index (χ2n) is 7.18. The zero-order valence-electron chi connectivity index (χ0n) is 17.2. The minimum atomic E-state index is -0.193. The van der Waals surface area contributed by atoms with E-state index in [0.717, 1.165) is 29.7 Å². The first kappa shape index (κ1) is 20.8. The third kappa shape index (κ3) is 6.04. The van der Waals surface area contributed by atoms with Gasteiger partial charge in [-0.2, -0.15) is 0 Å². The van der Waals surface area contributed by atoms with E-state index in [1.807, 2.05) is 42.5 Å². The normalized spacial score (nSPS) is 13.7. The third-order valence-corrected chi connectivity index (χ3v) is 5.16. The number of amides is 2. The molecule has 0 aliphatic heterocycles. The summed E-state index contributed by atoms with van der Waals surface area (Å²) >= 11 is 0. The van der Waals surface area contributed by atoms with E-state index in [4.69, 9.17) is 14.2 Å². The molecule has 6 nitrogen and oxygen atoms in total. The lowest BCUT2D eigenvalue weighted by Gasteiger charge is -2.17. The predicted octanol–water partition coefficient (Wildman–Crippen LogP) is 4.07. The zero-order valence-corrected chi connectivity index (χ0v) is 17.2. The lowest BCUT2D eigenvalue weighted by Crippen LogP contribution is -2.36. The molecule has 6 heteroatoms. The summed E-state index contributed by atoms with van der Waals surface area (Å²) in [5, 5.41) is 5.81. The van der Waals surface area contributed by atoms with Crippen LogP contribution in [-0.4, -0.2) is 32.9 Å². The molecule has 29 heavy (non-hydrogen) atoms. The van der Waals surface area contributed by atoms with Crippen LogP contribution in [0.4, 0.5) is 4.79 Å². The number of benzene rings is 2. The van der Waals surface area contributed by atoms with Crippen molar-refractivity contribution >= 4 is 6.03 Å². The van der Waals surface area contributed by atoms with Crippen molar-refractivity contribution in [2.24, 2.45) is 0 Å². The number of ether oxygens (including phenoxy) is 3. The van der Waals surface area contributed by atoms with Gasteiger partial charge in [-0.15, -0.1) is 0 Å². The Morgan fingerprint density at radius 3 is 2.48 bits per heavy atom. The number of methoxy groups -OCH3 is 2. The number of nitrogens with one attached hydrogen (secondary N) is 2. The molecule has 1 aliphatic carbocycles. The summed E-state index contributed by atoms with van der Waals surface area (Å²) < 4.78 is 16.7. The summed E-state index contributed by atoms with van der Waals surface area (Å²) in [6.45, 7) is 0.965. The van der Waals surface area contributed by atoms with Crippen molar-refractivity contribution < 1.29 is 19.0 Å². The summed E-state index contributed by atoms with van der Waals surface area (Å²) in [5.41, 5.74) is 2.06. The van der Waals surface area contributed by atoms with Gasteiger partial charge in [0.2, 0.25) is 0 Å². The quantitative estimate of drug-likeness (QED) is 0.668. The molecule has 1 aliphatic rings. The van der Waals surface area contributed by atoms with Crippen molar-refractivity contribution in [3.63, 3.8) is 0 Å². The first-order chi connectivity index (χ1) is 14.2. The maximum absolute atomic E-state index is 12.2. The van der Waals surface area contributed by atoms with Crippen molar-refractivity contribution in [1.29, 1.82) is 0 Å². The Labute approximate surface area is 172 Å². The van der Waals surface area contributed by atoms with Gasteiger partial charge in [0, 0.05) is 18.7 Å². The Balaban J connectivity index is 1.44. The molecule has 3 rings (SSSR count). The molecular weight excluding hydrogens is 368 g/mol. The van der Waals surface area contributed by atoms with Crippen LogP contribution >= 0.6 is 0 Å². The van der Waals surface area contributed by atoms with Crippen molar-refractivity contribution in [3.05, 3.63) is 53.6 Å². The molecule has 0 radical (unpaired) electrons. The van der Waals surface area contributed by atoms with Gasteiger partial charge < -0.3 is 24.8 Å². The molecule has 1 fully saturated rings. The van der Waals surface area contributed by atoms with Crippen LogP contribution in [0.25, 0.3) is 0 Å². The van der Waals surface area contributed by atoms with Crippen LogP contribution in [0.15, 0.2) is 42.5 Å². The van der Waals surface area contributed by atoms with Crippen molar-refractivity contribution in [1.82, 2.24) is 10.6 Å². The van der Waals surface area contributed by atoms with Crippen LogP contribution in [0.1, 0.15) is 36.8 Å². The van der Waals surface area contributed by atoms with Crippen LogP contribution in [0.5, 0.6) is 17.2 Å². The maximum Gasteiger partial charge on any atom is 0.315 e. The Kier molecular flexibility index (Phi) is 7.61. The monoisotopic (exact) mass is 398 g/mol. The molecule has 0 saturated heterocycles. The third-order valence-electron chi connectivity index (χ3n) is 5.16. The summed E-state index contributed by atoms with van der Waals surface area (Å²) in [6.07, 6.45) is 5.68. The van der Waals surface area contributed by atoms with Gasteiger partial charge in [-0.05, 0) is 55.9 Å². The largest absolute Gasteiger partial charge is 0.493 e. The van der Waals surface area contributed by atoms with E-state index >= 15 is 0 Å². The van der Waals surface area contributed by atoms with Gasteiger partial charge in [0.05, 0.1) is 20.3 Å². The number of urea groups is 1. The first-order valence-corrected chi connectivity index (χ1v) is 10.2. The van der Waals surface area contributed by atoms with Crippen molar-refractivity contribution in [2.75, 3.05) is 20.8 Å². The average Bonchev–Trinajstić information content (AvgIpc) is 3.26. The second kappa shape index (κ2) is 10.6. The summed E-state index contributed by atoms with van der Waals surface area (Å²) in [4.78, 5) is 12.2. The first-order valence-electron chi connectivity index (χ1n) is 10.2. The van der Waals surface area contributed by atoms with E-state index in [1.54, 1.807) is 14.2 Å². The molecule has 0 atom stereocenters. The van der Waals surface area contributed by atoms with Crippen molar-refractivity contribution in [2.45, 2.75) is 44.8 Å². The van der Waals surface area contributed by atoms with Crippen LogP contribution in [0.3, 0.4) is 0 Å². The number of carbonyl (C=O) groups is 1. The fourth-order valence-electron chi connectivity index (χ4n) is 3.55. The highest BCUT2D eigenvalue weighted by Crippen LogP contribution is 2.28. The second-order valence-corrected chi connectivity index (χ2v) is 7.18. The Bertz CT molecular complexity index is 803. The highest BCUT2D eigenvalue weighted by atomic mass is 16.5. The number of rotatable bonds is 9. The van der Waals surface area contributed by atoms with Gasteiger partial charge in [-0.1, -0.05) is 24.3 Å². The van der Waals surface area contributed by atoms with Crippen LogP contribution in [0, 0.1) is 0 Å². The standard InChI is InChI=1S/C23H30N2O4/c1-27-21-12-11-17(15-22(21)28-2)13-14-24-23(26)25-16-18-7-3-6-10-20(18)29-19-8-4-5-9-19/h3,6-7,10-12,15,19H,4-5,8-9,13-14,16H2,1-2H3,(H2,24,25,26). The van der Waals surface area contributed by atoms with Crippen LogP contribution < -0.4 is 24.8 Å². The van der Waals surface area contributed by atoms with Gasteiger partial charge >= 0.3 is 6.03 Å². The molecule has 2 N–H and O–H groups in total. The van der Waals surface area contributed by atoms with E-state index in [9.17, 15) is 4.79 Å². The van der Waals surface area contributed by atoms with E-state index in [1.165, 1.54) is 12.8 Å². The van der Waals surface area contributed by atoms with E-state index < -0.39 is 0 Å².